The van der Waals surface area contributed by atoms with E-state index in [4.69, 9.17) is 0 Å². The van der Waals surface area contributed by atoms with Crippen LogP contribution in [-0.4, -0.2) is 56.5 Å². The number of nitrogens with one attached hydrogen (secondary N) is 2. The van der Waals surface area contributed by atoms with E-state index in [2.05, 4.69) is 42.9 Å². The number of hydrogen-bond acceptors (Lipinski definition) is 4. The average Bonchev–Trinajstić information content (AvgIpc) is 3.34. The summed E-state index contributed by atoms with van der Waals surface area (Å²) in [5.74, 6) is 0.938. The molecule has 4 rings (SSSR count). The van der Waals surface area contributed by atoms with Gasteiger partial charge in [-0.25, -0.2) is 0 Å². The predicted molar refractivity (Wildman–Crippen MR) is 112 cm³/mol. The number of hydrogen-bond donors (Lipinski definition) is 2. The second kappa shape index (κ2) is 8.00. The summed E-state index contributed by atoms with van der Waals surface area (Å²) < 4.78 is 0. The lowest BCUT2D eigenvalue weighted by Gasteiger charge is -2.37. The highest BCUT2D eigenvalue weighted by atomic mass is 32.1. The van der Waals surface area contributed by atoms with Crippen LogP contribution in [0.5, 0.6) is 0 Å². The van der Waals surface area contributed by atoms with E-state index in [1.807, 2.05) is 31.3 Å². The number of para-hydroxylation sites is 1. The van der Waals surface area contributed by atoms with Gasteiger partial charge in [0.1, 0.15) is 0 Å². The molecule has 0 radical (unpaired) electrons. The number of aliphatic imine (C=N–C) groups is 1. The molecule has 3 heterocycles. The molecule has 1 fully saturated rings. The molecule has 27 heavy (non-hydrogen) atoms. The molecule has 2 N–H and O–H groups in total. The number of amides is 1. The number of carbonyl (C=O) groups is 1. The van der Waals surface area contributed by atoms with Crippen molar-refractivity contribution in [2.24, 2.45) is 4.99 Å². The number of nitrogens with zero attached hydrogens (tertiary/aromatic N) is 3. The number of fused-ring (bicyclic) bond motifs is 1. The van der Waals surface area contributed by atoms with Gasteiger partial charge < -0.3 is 20.4 Å². The zero-order valence-electron chi connectivity index (χ0n) is 15.5. The summed E-state index contributed by atoms with van der Waals surface area (Å²) >= 11 is 1.79. The van der Waals surface area contributed by atoms with Crippen molar-refractivity contribution in [2.45, 2.75) is 12.3 Å². The molecule has 1 atom stereocenters. The van der Waals surface area contributed by atoms with E-state index < -0.39 is 0 Å². The van der Waals surface area contributed by atoms with Crippen LogP contribution in [0.15, 0.2) is 46.8 Å². The summed E-state index contributed by atoms with van der Waals surface area (Å²) in [7, 11) is 1.82. The van der Waals surface area contributed by atoms with Gasteiger partial charge in [-0.1, -0.05) is 18.2 Å². The van der Waals surface area contributed by atoms with Crippen molar-refractivity contribution in [3.8, 4) is 0 Å². The van der Waals surface area contributed by atoms with Gasteiger partial charge in [0.05, 0.1) is 10.9 Å². The molecule has 142 valence electrons. The largest absolute Gasteiger partial charge is 0.360 e. The Bertz CT molecular complexity index is 812. The van der Waals surface area contributed by atoms with Gasteiger partial charge in [-0.2, -0.15) is 0 Å². The summed E-state index contributed by atoms with van der Waals surface area (Å²) in [6.45, 7) is 4.62. The Morgan fingerprint density at radius 1 is 1.22 bits per heavy atom. The van der Waals surface area contributed by atoms with Crippen LogP contribution in [0.2, 0.25) is 0 Å². The molecule has 1 aromatic carbocycles. The Balaban J connectivity index is 1.29. The molecule has 0 spiro atoms. The minimum absolute atomic E-state index is 0.0810. The van der Waals surface area contributed by atoms with Crippen LogP contribution in [0.4, 0.5) is 10.7 Å². The number of benzene rings is 1. The van der Waals surface area contributed by atoms with Gasteiger partial charge in [0, 0.05) is 45.5 Å². The van der Waals surface area contributed by atoms with Crippen LogP contribution >= 0.6 is 11.3 Å². The summed E-state index contributed by atoms with van der Waals surface area (Å²) in [5, 5.41) is 9.88. The highest BCUT2D eigenvalue weighted by molar-refractivity contribution is 7.14. The van der Waals surface area contributed by atoms with Crippen LogP contribution in [0.25, 0.3) is 0 Å². The quantitative estimate of drug-likeness (QED) is 0.629. The van der Waals surface area contributed by atoms with Gasteiger partial charge in [-0.05, 0) is 35.6 Å². The molecule has 2 aromatic rings. The third-order valence-corrected chi connectivity index (χ3v) is 6.16. The standard InChI is InChI=1S/C20H25N5OS/c1-21-20(25-12-10-24(11-13-25)18-7-4-14-27-18)22-9-8-16-15-5-2-3-6-17(15)23-19(16)26/h2-7,14,16H,8-13H2,1H3,(H,21,22)(H,23,26). The highest BCUT2D eigenvalue weighted by Crippen LogP contribution is 2.33. The summed E-state index contributed by atoms with van der Waals surface area (Å²) in [6, 6.07) is 12.2. The topological polar surface area (TPSA) is 60.0 Å². The molecule has 0 aliphatic carbocycles. The average molecular weight is 384 g/mol. The number of rotatable bonds is 4. The molecule has 2 aliphatic rings. The van der Waals surface area contributed by atoms with Crippen LogP contribution in [0.3, 0.4) is 0 Å². The van der Waals surface area contributed by atoms with Crippen molar-refractivity contribution < 1.29 is 4.79 Å². The summed E-state index contributed by atoms with van der Waals surface area (Å²) in [6.07, 6.45) is 0.761. The normalized spacial score (nSPS) is 19.8. The van der Waals surface area contributed by atoms with Crippen molar-refractivity contribution in [3.05, 3.63) is 47.3 Å². The van der Waals surface area contributed by atoms with Crippen molar-refractivity contribution in [1.29, 1.82) is 0 Å². The first-order valence-electron chi connectivity index (χ1n) is 9.40. The number of guanidine groups is 1. The van der Waals surface area contributed by atoms with E-state index in [1.54, 1.807) is 11.3 Å². The first kappa shape index (κ1) is 17.9. The van der Waals surface area contributed by atoms with E-state index >= 15 is 0 Å². The fourth-order valence-electron chi connectivity index (χ4n) is 3.81. The Morgan fingerprint density at radius 2 is 2.04 bits per heavy atom. The fourth-order valence-corrected chi connectivity index (χ4v) is 4.60. The molecule has 1 amide bonds. The highest BCUT2D eigenvalue weighted by Gasteiger charge is 2.29. The van der Waals surface area contributed by atoms with E-state index in [1.165, 1.54) is 5.00 Å². The van der Waals surface area contributed by atoms with Crippen molar-refractivity contribution in [1.82, 2.24) is 10.2 Å². The van der Waals surface area contributed by atoms with E-state index in [-0.39, 0.29) is 11.8 Å². The minimum atomic E-state index is -0.0810. The molecule has 0 saturated carbocycles. The maximum atomic E-state index is 12.2. The molecule has 2 aliphatic heterocycles. The SMILES string of the molecule is CN=C(NCCC1C(=O)Nc2ccccc21)N1CCN(c2cccs2)CC1. The van der Waals surface area contributed by atoms with Crippen molar-refractivity contribution in [3.63, 3.8) is 0 Å². The first-order chi connectivity index (χ1) is 13.3. The molecule has 1 saturated heterocycles. The zero-order chi connectivity index (χ0) is 18.6. The van der Waals surface area contributed by atoms with E-state index in [0.717, 1.165) is 56.4 Å². The Hall–Kier alpha value is -2.54. The van der Waals surface area contributed by atoms with Crippen LogP contribution in [-0.2, 0) is 4.79 Å². The van der Waals surface area contributed by atoms with Crippen LogP contribution in [0, 0.1) is 0 Å². The number of anilines is 2. The first-order valence-corrected chi connectivity index (χ1v) is 10.3. The zero-order valence-corrected chi connectivity index (χ0v) is 16.3. The molecule has 6 nitrogen and oxygen atoms in total. The molecular formula is C20H25N5OS. The lowest BCUT2D eigenvalue weighted by atomic mass is 9.97. The predicted octanol–water partition coefficient (Wildman–Crippen LogP) is 2.57. The second-order valence-electron chi connectivity index (χ2n) is 6.82. The summed E-state index contributed by atoms with van der Waals surface area (Å²) in [4.78, 5) is 21.4. The van der Waals surface area contributed by atoms with Gasteiger partial charge in [0.25, 0.3) is 0 Å². The summed E-state index contributed by atoms with van der Waals surface area (Å²) in [5.41, 5.74) is 2.05. The Kier molecular flexibility index (Phi) is 5.29. The third-order valence-electron chi connectivity index (χ3n) is 5.24. The van der Waals surface area contributed by atoms with Gasteiger partial charge >= 0.3 is 0 Å². The van der Waals surface area contributed by atoms with Gasteiger partial charge in [-0.3, -0.25) is 9.79 Å². The van der Waals surface area contributed by atoms with E-state index in [0.29, 0.717) is 0 Å². The monoisotopic (exact) mass is 383 g/mol. The lowest BCUT2D eigenvalue weighted by molar-refractivity contribution is -0.117. The maximum absolute atomic E-state index is 12.2. The maximum Gasteiger partial charge on any atom is 0.232 e. The minimum Gasteiger partial charge on any atom is -0.360 e. The van der Waals surface area contributed by atoms with Crippen LogP contribution < -0.4 is 15.5 Å². The molecule has 0 bridgehead atoms. The van der Waals surface area contributed by atoms with Gasteiger partial charge in [0.15, 0.2) is 5.96 Å². The smallest absolute Gasteiger partial charge is 0.232 e. The third kappa shape index (κ3) is 3.78. The van der Waals surface area contributed by atoms with Crippen LogP contribution in [0.1, 0.15) is 17.9 Å². The number of thiophene rings is 1. The second-order valence-corrected chi connectivity index (χ2v) is 7.74. The fraction of sp³-hybridized carbons (Fsp3) is 0.400. The molecule has 1 aromatic heterocycles. The van der Waals surface area contributed by atoms with Crippen molar-refractivity contribution in [2.75, 3.05) is 50.0 Å². The lowest BCUT2D eigenvalue weighted by Crippen LogP contribution is -2.52. The van der Waals surface area contributed by atoms with Gasteiger partial charge in [-0.15, -0.1) is 11.3 Å². The van der Waals surface area contributed by atoms with E-state index in [9.17, 15) is 4.79 Å². The van der Waals surface area contributed by atoms with Crippen molar-refractivity contribution >= 4 is 33.9 Å². The Morgan fingerprint density at radius 3 is 2.78 bits per heavy atom. The van der Waals surface area contributed by atoms with Gasteiger partial charge in [0.2, 0.25) is 5.91 Å². The Labute approximate surface area is 163 Å². The number of piperazine rings is 1. The molecular weight excluding hydrogens is 358 g/mol. The number of carbonyl (C=O) groups excluding carboxylic acids is 1. The molecule has 1 unspecified atom stereocenters. The molecule has 7 heteroatoms.